The molecule has 0 radical (unpaired) electrons. The Balaban J connectivity index is 2.06. The third-order valence-corrected chi connectivity index (χ3v) is 4.28. The topological polar surface area (TPSA) is 130 Å². The van der Waals surface area contributed by atoms with E-state index in [0.717, 1.165) is 5.56 Å². The summed E-state index contributed by atoms with van der Waals surface area (Å²) >= 11 is 0. The monoisotopic (exact) mass is 412 g/mol. The van der Waals surface area contributed by atoms with Crippen molar-refractivity contribution < 1.29 is 19.1 Å². The lowest BCUT2D eigenvalue weighted by atomic mass is 10.1. The molecule has 1 atom stereocenters. The Morgan fingerprint density at radius 1 is 1.17 bits per heavy atom. The summed E-state index contributed by atoms with van der Waals surface area (Å²) in [4.78, 5) is 48.6. The molecule has 0 saturated heterocycles. The number of hydrogen-bond donors (Lipinski definition) is 3. The van der Waals surface area contributed by atoms with E-state index in [0.29, 0.717) is 12.8 Å². The normalized spacial score (nSPS) is 11.2. The molecule has 0 aliphatic carbocycles. The quantitative estimate of drug-likeness (QED) is 0.515. The molecule has 0 saturated carbocycles. The summed E-state index contributed by atoms with van der Waals surface area (Å²) in [5, 5.41) is 11.9. The fraction of sp³-hybridized carbons (Fsp3) is 0.286. The highest BCUT2D eigenvalue weighted by molar-refractivity contribution is 6.26. The van der Waals surface area contributed by atoms with Gasteiger partial charge in [0.25, 0.3) is 5.56 Å². The van der Waals surface area contributed by atoms with Crippen LogP contribution < -0.4 is 16.2 Å². The molecule has 30 heavy (non-hydrogen) atoms. The van der Waals surface area contributed by atoms with Crippen LogP contribution in [-0.4, -0.2) is 34.6 Å². The van der Waals surface area contributed by atoms with Crippen molar-refractivity contribution in [1.29, 1.82) is 5.41 Å². The van der Waals surface area contributed by atoms with Crippen molar-refractivity contribution in [2.24, 2.45) is 0 Å². The second-order valence-corrected chi connectivity index (χ2v) is 6.41. The van der Waals surface area contributed by atoms with E-state index >= 15 is 0 Å². The van der Waals surface area contributed by atoms with Gasteiger partial charge in [-0.05, 0) is 31.0 Å². The lowest BCUT2D eigenvalue weighted by Crippen LogP contribution is -2.45. The van der Waals surface area contributed by atoms with Crippen LogP contribution in [0.2, 0.25) is 0 Å². The molecule has 158 valence electrons. The number of pyridine rings is 1. The number of amides is 2. The number of nitrogens with one attached hydrogen (secondary N) is 3. The highest BCUT2D eigenvalue weighted by Gasteiger charge is 2.23. The van der Waals surface area contributed by atoms with Crippen LogP contribution in [0.25, 0.3) is 0 Å². The maximum atomic E-state index is 12.7. The highest BCUT2D eigenvalue weighted by atomic mass is 16.5. The van der Waals surface area contributed by atoms with Gasteiger partial charge < -0.3 is 25.3 Å². The molecule has 0 spiro atoms. The summed E-state index contributed by atoms with van der Waals surface area (Å²) in [6.07, 6.45) is 1.25. The molecule has 0 bridgehead atoms. The Labute approximate surface area is 173 Å². The molecule has 1 aromatic carbocycles. The van der Waals surface area contributed by atoms with Crippen LogP contribution in [0.1, 0.15) is 25.3 Å². The molecule has 0 aliphatic heterocycles. The number of rotatable bonds is 10. The summed E-state index contributed by atoms with van der Waals surface area (Å²) in [5.41, 5.74) is 0.457. The van der Waals surface area contributed by atoms with Crippen LogP contribution in [0.5, 0.6) is 0 Å². The van der Waals surface area contributed by atoms with Crippen molar-refractivity contribution in [3.05, 3.63) is 64.6 Å². The lowest BCUT2D eigenvalue weighted by molar-refractivity contribution is -0.118. The molecule has 1 unspecified atom stereocenters. The number of nitrogens with zero attached hydrogens (tertiary/aromatic N) is 1. The maximum Gasteiger partial charge on any atom is 0.408 e. The third kappa shape index (κ3) is 6.69. The van der Waals surface area contributed by atoms with Gasteiger partial charge in [0.05, 0.1) is 6.21 Å². The Morgan fingerprint density at radius 3 is 2.57 bits per heavy atom. The predicted molar refractivity (Wildman–Crippen MR) is 112 cm³/mol. The van der Waals surface area contributed by atoms with Crippen molar-refractivity contribution in [2.75, 3.05) is 5.32 Å². The number of alkyl carbamates (subject to hydrolysis) is 1. The molecule has 1 heterocycles. The van der Waals surface area contributed by atoms with E-state index in [1.807, 2.05) is 6.07 Å². The standard InChI is InChI=1S/C21H24N4O5/c1-2-25-12-6-9-18(20(25)28)23-19(27)17(11-10-16(26)13-22)24-21(29)30-14-15-7-4-3-5-8-15/h3-9,12-13,17,22H,2,10-11,14H2,1H3,(H,23,27)(H,24,29). The summed E-state index contributed by atoms with van der Waals surface area (Å²) in [5.74, 6) is -1.14. The van der Waals surface area contributed by atoms with Crippen molar-refractivity contribution in [2.45, 2.75) is 39.0 Å². The van der Waals surface area contributed by atoms with Crippen LogP contribution >= 0.6 is 0 Å². The minimum atomic E-state index is -1.12. The molecule has 2 aromatic rings. The predicted octanol–water partition coefficient (Wildman–Crippen LogP) is 2.10. The molecule has 2 rings (SSSR count). The number of aryl methyl sites for hydroxylation is 1. The SMILES string of the molecule is CCn1cccc(NC(=O)C(CCC(=O)C=N)NC(=O)OCc2ccccc2)c1=O. The van der Waals surface area contributed by atoms with Crippen LogP contribution in [0.15, 0.2) is 53.5 Å². The van der Waals surface area contributed by atoms with Crippen molar-refractivity contribution in [3.8, 4) is 0 Å². The van der Waals surface area contributed by atoms with Crippen LogP contribution in [0, 0.1) is 5.41 Å². The fourth-order valence-corrected chi connectivity index (χ4v) is 2.64. The van der Waals surface area contributed by atoms with E-state index in [1.54, 1.807) is 43.5 Å². The molecule has 2 amide bonds. The third-order valence-electron chi connectivity index (χ3n) is 4.28. The van der Waals surface area contributed by atoms with E-state index in [-0.39, 0.29) is 30.7 Å². The molecule has 3 N–H and O–H groups in total. The highest BCUT2D eigenvalue weighted by Crippen LogP contribution is 2.06. The van der Waals surface area contributed by atoms with Gasteiger partial charge in [-0.15, -0.1) is 0 Å². The second-order valence-electron chi connectivity index (χ2n) is 6.41. The molecular formula is C21H24N4O5. The molecule has 0 fully saturated rings. The minimum Gasteiger partial charge on any atom is -0.445 e. The van der Waals surface area contributed by atoms with Crippen molar-refractivity contribution >= 4 is 29.7 Å². The van der Waals surface area contributed by atoms with Gasteiger partial charge in [0.2, 0.25) is 5.91 Å². The first kappa shape index (κ1) is 22.5. The molecule has 1 aromatic heterocycles. The molecule has 0 aliphatic rings. The Morgan fingerprint density at radius 2 is 1.90 bits per heavy atom. The number of benzene rings is 1. The van der Waals surface area contributed by atoms with Crippen LogP contribution in [0.4, 0.5) is 10.5 Å². The number of carbonyl (C=O) groups excluding carboxylic acids is 3. The van der Waals surface area contributed by atoms with Gasteiger partial charge in [-0.2, -0.15) is 0 Å². The number of Topliss-reactive ketones (excluding diaryl/α,β-unsaturated/α-hetero) is 1. The molecular weight excluding hydrogens is 388 g/mol. The number of carbonyl (C=O) groups is 3. The van der Waals surface area contributed by atoms with Gasteiger partial charge >= 0.3 is 6.09 Å². The van der Waals surface area contributed by atoms with Gasteiger partial charge in [-0.1, -0.05) is 30.3 Å². The largest absolute Gasteiger partial charge is 0.445 e. The summed E-state index contributed by atoms with van der Waals surface area (Å²) < 4.78 is 6.55. The van der Waals surface area contributed by atoms with Crippen molar-refractivity contribution in [1.82, 2.24) is 9.88 Å². The summed E-state index contributed by atoms with van der Waals surface area (Å²) in [6, 6.07) is 11.0. The van der Waals surface area contributed by atoms with E-state index in [9.17, 15) is 19.2 Å². The van der Waals surface area contributed by atoms with Gasteiger partial charge in [0.1, 0.15) is 18.3 Å². The maximum absolute atomic E-state index is 12.7. The van der Waals surface area contributed by atoms with E-state index in [1.165, 1.54) is 10.6 Å². The van der Waals surface area contributed by atoms with Gasteiger partial charge in [0.15, 0.2) is 5.78 Å². The van der Waals surface area contributed by atoms with E-state index in [2.05, 4.69) is 10.6 Å². The molecule has 9 nitrogen and oxygen atoms in total. The number of hydrogen-bond acceptors (Lipinski definition) is 6. The average Bonchev–Trinajstić information content (AvgIpc) is 2.76. The zero-order chi connectivity index (χ0) is 21.9. The van der Waals surface area contributed by atoms with Gasteiger partial charge in [-0.25, -0.2) is 4.79 Å². The molecule has 9 heteroatoms. The first-order valence-corrected chi connectivity index (χ1v) is 9.45. The second kappa shape index (κ2) is 11.3. The average molecular weight is 412 g/mol. The van der Waals surface area contributed by atoms with E-state index in [4.69, 9.17) is 10.1 Å². The lowest BCUT2D eigenvalue weighted by Gasteiger charge is -2.18. The zero-order valence-electron chi connectivity index (χ0n) is 16.6. The number of anilines is 1. The first-order chi connectivity index (χ1) is 14.4. The number of ether oxygens (including phenoxy) is 1. The van der Waals surface area contributed by atoms with Gasteiger partial charge in [0, 0.05) is 19.2 Å². The van der Waals surface area contributed by atoms with Gasteiger partial charge in [-0.3, -0.25) is 14.4 Å². The number of ketones is 1. The van der Waals surface area contributed by atoms with Crippen LogP contribution in [0.3, 0.4) is 0 Å². The summed E-state index contributed by atoms with van der Waals surface area (Å²) in [7, 11) is 0. The Hall–Kier alpha value is -3.75. The first-order valence-electron chi connectivity index (χ1n) is 9.45. The smallest absolute Gasteiger partial charge is 0.408 e. The Bertz CT molecular complexity index is 955. The Kier molecular flexibility index (Phi) is 8.49. The summed E-state index contributed by atoms with van der Waals surface area (Å²) in [6.45, 7) is 2.24. The zero-order valence-corrected chi connectivity index (χ0v) is 16.6. The van der Waals surface area contributed by atoms with E-state index < -0.39 is 23.8 Å². The van der Waals surface area contributed by atoms with Crippen molar-refractivity contribution in [3.63, 3.8) is 0 Å². The fourth-order valence-electron chi connectivity index (χ4n) is 2.64. The number of aromatic nitrogens is 1. The minimum absolute atomic E-state index is 0.0142. The van der Waals surface area contributed by atoms with Crippen LogP contribution in [-0.2, 0) is 27.5 Å².